The summed E-state index contributed by atoms with van der Waals surface area (Å²) < 4.78 is 28.3. The summed E-state index contributed by atoms with van der Waals surface area (Å²) in [5, 5.41) is 19.9. The van der Waals surface area contributed by atoms with Gasteiger partial charge in [-0.15, -0.1) is 0 Å². The molecule has 0 radical (unpaired) electrons. The number of para-hydroxylation sites is 2. The van der Waals surface area contributed by atoms with Crippen molar-refractivity contribution in [3.05, 3.63) is 30.1 Å². The molecule has 3 rings (SSSR count). The minimum atomic E-state index is -2.68. The molecule has 8 nitrogen and oxygen atoms in total. The number of carboxylic acid groups (broad SMARTS) is 1. The molecule has 2 aromatic rings. The smallest absolute Gasteiger partial charge is 0.407 e. The first-order valence-corrected chi connectivity index (χ1v) is 12.0. The quantitative estimate of drug-likeness (QED) is 0.602. The van der Waals surface area contributed by atoms with Gasteiger partial charge in [0.05, 0.1) is 29.7 Å². The summed E-state index contributed by atoms with van der Waals surface area (Å²) in [7, 11) is 0. The van der Waals surface area contributed by atoms with Gasteiger partial charge >= 0.3 is 6.09 Å². The topological polar surface area (TPSA) is 98.9 Å². The summed E-state index contributed by atoms with van der Waals surface area (Å²) in [5.41, 5.74) is 0.358. The summed E-state index contributed by atoms with van der Waals surface area (Å²) >= 11 is 0. The number of fused-ring (bicyclic) bond motifs is 1. The number of likely N-dealkylation sites (tertiary alicyclic amines) is 1. The Kier molecular flexibility index (Phi) is 8.03. The SMILES string of the molecule is CC(C)CN(C(=O)c1nc2ccccc2n1CC(F)F)[C@H]1C[C@@H](CO)CN(C(=O)O)C1C(C)(C)C. The minimum absolute atomic E-state index is 0.0280. The number of nitrogens with zero attached hydrogens (tertiary/aromatic N) is 4. The number of hydrogen-bond donors (Lipinski definition) is 2. The molecule has 1 fully saturated rings. The van der Waals surface area contributed by atoms with E-state index in [1.165, 1.54) is 9.47 Å². The van der Waals surface area contributed by atoms with E-state index in [0.29, 0.717) is 24.0 Å². The largest absolute Gasteiger partial charge is 0.465 e. The molecular formula is C25H36F2N4O4. The number of imidazole rings is 1. The minimum Gasteiger partial charge on any atom is -0.465 e. The van der Waals surface area contributed by atoms with E-state index >= 15 is 0 Å². The lowest BCUT2D eigenvalue weighted by Crippen LogP contribution is -2.65. The van der Waals surface area contributed by atoms with Crippen LogP contribution in [0.25, 0.3) is 11.0 Å². The number of aliphatic hydroxyl groups is 1. The third-order valence-corrected chi connectivity index (χ3v) is 6.51. The van der Waals surface area contributed by atoms with E-state index in [0.717, 1.165) is 0 Å². The van der Waals surface area contributed by atoms with Crippen LogP contribution in [0.2, 0.25) is 0 Å². The molecule has 35 heavy (non-hydrogen) atoms. The van der Waals surface area contributed by atoms with Gasteiger partial charge in [-0.05, 0) is 29.9 Å². The fourth-order valence-corrected chi connectivity index (χ4v) is 5.27. The number of piperidine rings is 1. The van der Waals surface area contributed by atoms with Crippen molar-refractivity contribution in [1.82, 2.24) is 19.4 Å². The van der Waals surface area contributed by atoms with E-state index in [1.54, 1.807) is 29.2 Å². The normalized spacial score (nSPS) is 21.2. The molecule has 1 aliphatic heterocycles. The van der Waals surface area contributed by atoms with Crippen LogP contribution in [-0.4, -0.2) is 79.8 Å². The summed E-state index contributed by atoms with van der Waals surface area (Å²) in [6.45, 7) is 9.21. The molecule has 1 aromatic carbocycles. The average molecular weight is 495 g/mol. The van der Waals surface area contributed by atoms with Gasteiger partial charge in [0.1, 0.15) is 0 Å². The maximum atomic E-state index is 14.1. The maximum Gasteiger partial charge on any atom is 0.407 e. The van der Waals surface area contributed by atoms with E-state index < -0.39 is 42.5 Å². The van der Waals surface area contributed by atoms with Crippen LogP contribution in [-0.2, 0) is 6.54 Å². The summed E-state index contributed by atoms with van der Waals surface area (Å²) in [4.78, 5) is 33.6. The van der Waals surface area contributed by atoms with E-state index in [1.807, 2.05) is 34.6 Å². The van der Waals surface area contributed by atoms with Crippen LogP contribution in [0.1, 0.15) is 51.7 Å². The highest BCUT2D eigenvalue weighted by Crippen LogP contribution is 2.38. The Morgan fingerprint density at radius 3 is 2.43 bits per heavy atom. The molecule has 2 heterocycles. The molecule has 0 saturated carbocycles. The summed E-state index contributed by atoms with van der Waals surface area (Å²) in [6.07, 6.45) is -3.40. The van der Waals surface area contributed by atoms with E-state index in [4.69, 9.17) is 0 Å². The fraction of sp³-hybridized carbons (Fsp3) is 0.640. The van der Waals surface area contributed by atoms with Crippen molar-refractivity contribution in [3.63, 3.8) is 0 Å². The van der Waals surface area contributed by atoms with Gasteiger partial charge in [-0.25, -0.2) is 18.6 Å². The Hall–Kier alpha value is -2.75. The van der Waals surface area contributed by atoms with Gasteiger partial charge < -0.3 is 24.6 Å². The first-order chi connectivity index (χ1) is 16.3. The van der Waals surface area contributed by atoms with E-state index in [2.05, 4.69) is 4.98 Å². The van der Waals surface area contributed by atoms with Gasteiger partial charge in [0.15, 0.2) is 5.82 Å². The lowest BCUT2D eigenvalue weighted by Gasteiger charge is -2.52. The van der Waals surface area contributed by atoms with Crippen molar-refractivity contribution in [3.8, 4) is 0 Å². The van der Waals surface area contributed by atoms with Crippen LogP contribution >= 0.6 is 0 Å². The molecule has 1 saturated heterocycles. The number of halogens is 2. The summed E-state index contributed by atoms with van der Waals surface area (Å²) in [6, 6.07) is 5.65. The lowest BCUT2D eigenvalue weighted by atomic mass is 9.74. The van der Waals surface area contributed by atoms with Crippen LogP contribution in [0.5, 0.6) is 0 Å². The van der Waals surface area contributed by atoms with Gasteiger partial charge in [-0.3, -0.25) is 4.79 Å². The standard InChI is InChI=1S/C25H36F2N4O4/c1-15(2)11-30(19-10-16(14-32)12-31(24(34)35)21(19)25(3,4)5)23(33)22-28-17-8-6-7-9-18(17)29(22)13-20(26)27/h6-9,15-16,19-21,32H,10-14H2,1-5H3,(H,34,35)/t16-,19+,21?/m1/s1. The molecule has 0 spiro atoms. The molecule has 1 aromatic heterocycles. The molecule has 10 heteroatoms. The van der Waals surface area contributed by atoms with Gasteiger partial charge in [0, 0.05) is 25.6 Å². The highest BCUT2D eigenvalue weighted by Gasteiger charge is 2.48. The van der Waals surface area contributed by atoms with Crippen molar-refractivity contribution in [2.45, 2.75) is 66.1 Å². The monoisotopic (exact) mass is 494 g/mol. The number of aromatic nitrogens is 2. The van der Waals surface area contributed by atoms with Crippen LogP contribution in [0, 0.1) is 17.3 Å². The third-order valence-electron chi connectivity index (χ3n) is 6.51. The number of amides is 2. The molecule has 0 aliphatic carbocycles. The maximum absolute atomic E-state index is 14.1. The molecular weight excluding hydrogens is 458 g/mol. The van der Waals surface area contributed by atoms with Crippen molar-refractivity contribution in [1.29, 1.82) is 0 Å². The van der Waals surface area contributed by atoms with Crippen LogP contribution < -0.4 is 0 Å². The number of benzene rings is 1. The molecule has 3 atom stereocenters. The van der Waals surface area contributed by atoms with Gasteiger partial charge in [-0.2, -0.15) is 0 Å². The van der Waals surface area contributed by atoms with Crippen molar-refractivity contribution >= 4 is 23.0 Å². The molecule has 1 unspecified atom stereocenters. The second-order valence-electron chi connectivity index (χ2n) is 10.9. The van der Waals surface area contributed by atoms with Crippen molar-refractivity contribution in [2.24, 2.45) is 17.3 Å². The van der Waals surface area contributed by atoms with Gasteiger partial charge in [-0.1, -0.05) is 46.8 Å². The predicted molar refractivity (Wildman–Crippen MR) is 129 cm³/mol. The number of rotatable bonds is 7. The predicted octanol–water partition coefficient (Wildman–Crippen LogP) is 4.18. The third kappa shape index (κ3) is 5.74. The second-order valence-corrected chi connectivity index (χ2v) is 10.9. The first kappa shape index (κ1) is 26.8. The highest BCUT2D eigenvalue weighted by atomic mass is 19.3. The number of hydrogen-bond acceptors (Lipinski definition) is 4. The number of carbonyl (C=O) groups is 2. The Balaban J connectivity index is 2.16. The van der Waals surface area contributed by atoms with E-state index in [-0.39, 0.29) is 30.8 Å². The summed E-state index contributed by atoms with van der Waals surface area (Å²) in [5.74, 6) is -0.927. The zero-order valence-corrected chi connectivity index (χ0v) is 21.0. The van der Waals surface area contributed by atoms with Crippen molar-refractivity contribution in [2.75, 3.05) is 19.7 Å². The van der Waals surface area contributed by atoms with Crippen molar-refractivity contribution < 1.29 is 28.6 Å². The molecule has 2 N–H and O–H groups in total. The first-order valence-electron chi connectivity index (χ1n) is 12.0. The van der Waals surface area contributed by atoms with Crippen LogP contribution in [0.4, 0.5) is 13.6 Å². The number of carbonyl (C=O) groups excluding carboxylic acids is 1. The Morgan fingerprint density at radius 1 is 1.23 bits per heavy atom. The molecule has 194 valence electrons. The zero-order valence-electron chi connectivity index (χ0n) is 21.0. The average Bonchev–Trinajstić information content (AvgIpc) is 3.13. The Morgan fingerprint density at radius 2 is 1.89 bits per heavy atom. The second kappa shape index (κ2) is 10.5. The van der Waals surface area contributed by atoms with E-state index in [9.17, 15) is 28.6 Å². The fourth-order valence-electron chi connectivity index (χ4n) is 5.27. The number of alkyl halides is 2. The van der Waals surface area contributed by atoms with Crippen LogP contribution in [0.3, 0.4) is 0 Å². The lowest BCUT2D eigenvalue weighted by molar-refractivity contribution is -0.0322. The molecule has 0 bridgehead atoms. The Bertz CT molecular complexity index is 1050. The molecule has 1 aliphatic rings. The highest BCUT2D eigenvalue weighted by molar-refractivity contribution is 5.95. The van der Waals surface area contributed by atoms with Gasteiger partial charge in [0.2, 0.25) is 0 Å². The Labute approximate surface area is 204 Å². The zero-order chi connectivity index (χ0) is 26.1. The van der Waals surface area contributed by atoms with Gasteiger partial charge in [0.25, 0.3) is 12.3 Å². The van der Waals surface area contributed by atoms with Crippen LogP contribution in [0.15, 0.2) is 24.3 Å². The molecule has 2 amide bonds. The number of aliphatic hydroxyl groups excluding tert-OH is 1.